The maximum atomic E-state index is 12.0. The van der Waals surface area contributed by atoms with Crippen LogP contribution in [0, 0.1) is 5.92 Å². The first-order chi connectivity index (χ1) is 7.41. The zero-order valence-corrected chi connectivity index (χ0v) is 10.3. The number of para-hydroxylation sites is 1. The summed E-state index contributed by atoms with van der Waals surface area (Å²) in [7, 11) is 0. The molecule has 1 aliphatic heterocycles. The number of Topliss-reactive ketones (excluding diaryl/α,β-unsaturated/α-hetero) is 1. The molecule has 1 aromatic rings. The van der Waals surface area contributed by atoms with Gasteiger partial charge in [-0.3, -0.25) is 4.79 Å². The van der Waals surface area contributed by atoms with E-state index in [2.05, 4.69) is 13.8 Å². The van der Waals surface area contributed by atoms with Crippen molar-refractivity contribution < 1.29 is 9.53 Å². The summed E-state index contributed by atoms with van der Waals surface area (Å²) in [5.74, 6) is 0.972. The van der Waals surface area contributed by atoms with Crippen LogP contribution in [0.4, 0.5) is 0 Å². The lowest BCUT2D eigenvalue weighted by molar-refractivity contribution is 0.0925. The predicted molar refractivity (Wildman–Crippen MR) is 64.0 cm³/mol. The Balaban J connectivity index is 2.45. The Bertz CT molecular complexity index is 430. The Kier molecular flexibility index (Phi) is 2.53. The van der Waals surface area contributed by atoms with Crippen LogP contribution in [0.2, 0.25) is 0 Å². The first-order valence-electron chi connectivity index (χ1n) is 5.76. The lowest BCUT2D eigenvalue weighted by atomic mass is 9.96. The van der Waals surface area contributed by atoms with E-state index in [4.69, 9.17) is 4.74 Å². The van der Waals surface area contributed by atoms with Gasteiger partial charge in [0.1, 0.15) is 11.4 Å². The van der Waals surface area contributed by atoms with Gasteiger partial charge in [-0.05, 0) is 25.5 Å². The number of fused-ring (bicyclic) bond motifs is 1. The fraction of sp³-hybridized carbons (Fsp3) is 0.500. The van der Waals surface area contributed by atoms with Crippen LogP contribution in [0.5, 0.6) is 5.75 Å². The normalized spacial score (nSPS) is 17.1. The highest BCUT2D eigenvalue weighted by Gasteiger charge is 2.33. The Morgan fingerprint density at radius 1 is 1.38 bits per heavy atom. The Morgan fingerprint density at radius 3 is 2.69 bits per heavy atom. The number of hydrogen-bond donors (Lipinski definition) is 0. The first kappa shape index (κ1) is 11.2. The molecule has 1 aromatic carbocycles. The molecule has 16 heavy (non-hydrogen) atoms. The fourth-order valence-electron chi connectivity index (χ4n) is 2.12. The van der Waals surface area contributed by atoms with E-state index < -0.39 is 0 Å². The molecule has 2 nitrogen and oxygen atoms in total. The lowest BCUT2D eigenvalue weighted by Gasteiger charge is -2.18. The Morgan fingerprint density at radius 2 is 2.06 bits per heavy atom. The molecule has 86 valence electrons. The van der Waals surface area contributed by atoms with Crippen molar-refractivity contribution >= 4 is 5.78 Å². The molecule has 0 aromatic heterocycles. The molecule has 0 saturated heterocycles. The van der Waals surface area contributed by atoms with Crippen molar-refractivity contribution in [1.29, 1.82) is 0 Å². The van der Waals surface area contributed by atoms with Crippen molar-refractivity contribution in [3.05, 3.63) is 29.3 Å². The lowest BCUT2D eigenvalue weighted by Crippen LogP contribution is -2.25. The summed E-state index contributed by atoms with van der Waals surface area (Å²) in [6.45, 7) is 7.94. The summed E-state index contributed by atoms with van der Waals surface area (Å²) in [6.07, 6.45) is 0.877. The third-order valence-corrected chi connectivity index (χ3v) is 2.88. The molecule has 1 heterocycles. The Hall–Kier alpha value is -1.31. The molecular formula is C14H18O2. The van der Waals surface area contributed by atoms with Crippen molar-refractivity contribution in [2.75, 3.05) is 0 Å². The molecule has 0 spiro atoms. The Labute approximate surface area is 96.6 Å². The molecule has 0 atom stereocenters. The summed E-state index contributed by atoms with van der Waals surface area (Å²) in [5, 5.41) is 0. The maximum Gasteiger partial charge on any atom is 0.169 e. The van der Waals surface area contributed by atoms with Gasteiger partial charge >= 0.3 is 0 Å². The SMILES string of the molecule is CC(C)C(=O)c1cccc2c1OC(C)(C)C2. The van der Waals surface area contributed by atoms with E-state index in [0.717, 1.165) is 23.3 Å². The molecule has 0 fully saturated rings. The van der Waals surface area contributed by atoms with Crippen LogP contribution in [0.15, 0.2) is 18.2 Å². The topological polar surface area (TPSA) is 26.3 Å². The highest BCUT2D eigenvalue weighted by molar-refractivity contribution is 6.00. The van der Waals surface area contributed by atoms with Crippen LogP contribution >= 0.6 is 0 Å². The van der Waals surface area contributed by atoms with Crippen LogP contribution in [-0.2, 0) is 6.42 Å². The van der Waals surface area contributed by atoms with E-state index in [-0.39, 0.29) is 17.3 Å². The molecular weight excluding hydrogens is 200 g/mol. The van der Waals surface area contributed by atoms with Crippen molar-refractivity contribution in [3.8, 4) is 5.75 Å². The quantitative estimate of drug-likeness (QED) is 0.712. The minimum atomic E-state index is -0.185. The number of ether oxygens (including phenoxy) is 1. The van der Waals surface area contributed by atoms with Gasteiger partial charge in [0.05, 0.1) is 5.56 Å². The number of benzene rings is 1. The molecule has 0 radical (unpaired) electrons. The summed E-state index contributed by atoms with van der Waals surface area (Å²) >= 11 is 0. The summed E-state index contributed by atoms with van der Waals surface area (Å²) in [6, 6.07) is 5.85. The van der Waals surface area contributed by atoms with Gasteiger partial charge < -0.3 is 4.74 Å². The van der Waals surface area contributed by atoms with Gasteiger partial charge in [0, 0.05) is 12.3 Å². The zero-order valence-electron chi connectivity index (χ0n) is 10.3. The smallest absolute Gasteiger partial charge is 0.169 e. The van der Waals surface area contributed by atoms with Crippen molar-refractivity contribution in [1.82, 2.24) is 0 Å². The van der Waals surface area contributed by atoms with Gasteiger partial charge in [-0.1, -0.05) is 26.0 Å². The van der Waals surface area contributed by atoms with Crippen LogP contribution in [-0.4, -0.2) is 11.4 Å². The summed E-state index contributed by atoms with van der Waals surface area (Å²) in [4.78, 5) is 12.0. The van der Waals surface area contributed by atoms with Gasteiger partial charge in [-0.2, -0.15) is 0 Å². The average molecular weight is 218 g/mol. The number of carbonyl (C=O) groups is 1. The fourth-order valence-corrected chi connectivity index (χ4v) is 2.12. The van der Waals surface area contributed by atoms with Gasteiger partial charge in [-0.15, -0.1) is 0 Å². The van der Waals surface area contributed by atoms with Crippen molar-refractivity contribution in [3.63, 3.8) is 0 Å². The standard InChI is InChI=1S/C14H18O2/c1-9(2)12(15)11-7-5-6-10-8-14(3,4)16-13(10)11/h5-7,9H,8H2,1-4H3. The number of rotatable bonds is 2. The highest BCUT2D eigenvalue weighted by atomic mass is 16.5. The minimum absolute atomic E-state index is 0.0128. The maximum absolute atomic E-state index is 12.0. The second kappa shape index (κ2) is 3.62. The summed E-state index contributed by atoms with van der Waals surface area (Å²) < 4.78 is 5.88. The van der Waals surface area contributed by atoms with E-state index in [0.29, 0.717) is 0 Å². The van der Waals surface area contributed by atoms with Crippen molar-refractivity contribution in [2.45, 2.75) is 39.7 Å². The zero-order chi connectivity index (χ0) is 11.9. The minimum Gasteiger partial charge on any atom is -0.486 e. The molecule has 1 aliphatic rings. The van der Waals surface area contributed by atoms with E-state index in [1.807, 2.05) is 32.0 Å². The van der Waals surface area contributed by atoms with Gasteiger partial charge in [0.15, 0.2) is 5.78 Å². The van der Waals surface area contributed by atoms with E-state index >= 15 is 0 Å². The number of carbonyl (C=O) groups excluding carboxylic acids is 1. The van der Waals surface area contributed by atoms with Gasteiger partial charge in [0.2, 0.25) is 0 Å². The molecule has 0 amide bonds. The number of ketones is 1. The van der Waals surface area contributed by atoms with Gasteiger partial charge in [0.25, 0.3) is 0 Å². The monoisotopic (exact) mass is 218 g/mol. The molecule has 2 rings (SSSR count). The average Bonchev–Trinajstić information content (AvgIpc) is 2.49. The molecule has 0 N–H and O–H groups in total. The third kappa shape index (κ3) is 1.84. The second-order valence-corrected chi connectivity index (χ2v) is 5.35. The van der Waals surface area contributed by atoms with E-state index in [9.17, 15) is 4.79 Å². The van der Waals surface area contributed by atoms with Gasteiger partial charge in [-0.25, -0.2) is 0 Å². The largest absolute Gasteiger partial charge is 0.486 e. The van der Waals surface area contributed by atoms with E-state index in [1.165, 1.54) is 0 Å². The molecule has 2 heteroatoms. The van der Waals surface area contributed by atoms with Crippen molar-refractivity contribution in [2.24, 2.45) is 5.92 Å². The first-order valence-corrected chi connectivity index (χ1v) is 5.76. The molecule has 0 aliphatic carbocycles. The molecule has 0 saturated carbocycles. The molecule has 0 bridgehead atoms. The van der Waals surface area contributed by atoms with Crippen LogP contribution < -0.4 is 4.74 Å². The van der Waals surface area contributed by atoms with Crippen LogP contribution in [0.1, 0.15) is 43.6 Å². The summed E-state index contributed by atoms with van der Waals surface area (Å²) in [5.41, 5.74) is 1.70. The third-order valence-electron chi connectivity index (χ3n) is 2.88. The van der Waals surface area contributed by atoms with Crippen LogP contribution in [0.3, 0.4) is 0 Å². The predicted octanol–water partition coefficient (Wildman–Crippen LogP) is 3.24. The highest BCUT2D eigenvalue weighted by Crippen LogP contribution is 2.38. The van der Waals surface area contributed by atoms with Crippen LogP contribution in [0.25, 0.3) is 0 Å². The van der Waals surface area contributed by atoms with E-state index in [1.54, 1.807) is 0 Å². The number of hydrogen-bond acceptors (Lipinski definition) is 2. The second-order valence-electron chi connectivity index (χ2n) is 5.35. The molecule has 0 unspecified atom stereocenters.